The lowest BCUT2D eigenvalue weighted by Gasteiger charge is -2.26. The molecule has 4 nitrogen and oxygen atoms in total. The molecule has 1 atom stereocenters. The van der Waals surface area contributed by atoms with E-state index in [1.165, 1.54) is 13.2 Å². The van der Waals surface area contributed by atoms with Crippen LogP contribution in [0.15, 0.2) is 17.7 Å². The summed E-state index contributed by atoms with van der Waals surface area (Å²) < 4.78 is 45.4. The number of aliphatic carboxylic acids is 1. The Bertz CT molecular complexity index is 555. The van der Waals surface area contributed by atoms with Gasteiger partial charge >= 0.3 is 5.97 Å². The first kappa shape index (κ1) is 16.9. The maximum Gasteiger partial charge on any atom is 0.335 e. The molecule has 0 radical (unpaired) electrons. The number of hydrogen-bond donors (Lipinski definition) is 1. The molecule has 2 rings (SSSR count). The Hall–Kier alpha value is -2.18. The number of carbonyl (C=O) groups is 1. The van der Waals surface area contributed by atoms with Crippen LogP contribution in [0.3, 0.4) is 0 Å². The maximum atomic E-state index is 12.8. The van der Waals surface area contributed by atoms with Crippen molar-refractivity contribution < 1.29 is 32.5 Å². The van der Waals surface area contributed by atoms with Gasteiger partial charge < -0.3 is 14.6 Å². The smallest absolute Gasteiger partial charge is 0.335 e. The van der Waals surface area contributed by atoms with Gasteiger partial charge in [0, 0.05) is 5.56 Å². The summed E-state index contributed by atoms with van der Waals surface area (Å²) in [6, 6.07) is 3.19. The number of ether oxygens (including phenoxy) is 2. The second-order valence-corrected chi connectivity index (χ2v) is 4.14. The number of alkyl halides is 3. The summed E-state index contributed by atoms with van der Waals surface area (Å²) in [5.74, 6) is -0.649. The lowest BCUT2D eigenvalue weighted by atomic mass is 9.99. The Labute approximate surface area is 119 Å². The highest BCUT2D eigenvalue weighted by Crippen LogP contribution is 2.37. The number of rotatable bonds is 3. The first-order valence-corrected chi connectivity index (χ1v) is 5.90. The topological polar surface area (TPSA) is 55.8 Å². The molecule has 1 unspecified atom stereocenters. The van der Waals surface area contributed by atoms with Crippen LogP contribution in [0.2, 0.25) is 0 Å². The van der Waals surface area contributed by atoms with E-state index in [1.54, 1.807) is 19.1 Å². The number of aryl methyl sites for hydroxylation is 1. The van der Waals surface area contributed by atoms with Crippen LogP contribution in [0, 0.1) is 6.92 Å². The second-order valence-electron chi connectivity index (χ2n) is 4.14. The van der Waals surface area contributed by atoms with Gasteiger partial charge in [0.05, 0.1) is 19.9 Å². The van der Waals surface area contributed by atoms with Gasteiger partial charge in [-0.05, 0) is 30.7 Å². The van der Waals surface area contributed by atoms with E-state index >= 15 is 0 Å². The van der Waals surface area contributed by atoms with Gasteiger partial charge in [-0.25, -0.2) is 13.6 Å². The van der Waals surface area contributed by atoms with Crippen LogP contribution in [0.25, 0.3) is 6.08 Å². The Morgan fingerprint density at radius 2 is 2.00 bits per heavy atom. The molecule has 1 N–H and O–H groups in total. The highest BCUT2D eigenvalue weighted by atomic mass is 19.3. The quantitative estimate of drug-likeness (QED) is 0.932. The van der Waals surface area contributed by atoms with E-state index in [9.17, 15) is 18.0 Å². The fraction of sp³-hybridized carbons (Fsp3) is 0.357. The minimum absolute atomic E-state index is 0.260. The number of hydrogen-bond acceptors (Lipinski definition) is 3. The van der Waals surface area contributed by atoms with E-state index in [-0.39, 0.29) is 5.75 Å². The minimum atomic E-state index is -2.91. The molecule has 0 spiro atoms. The van der Waals surface area contributed by atoms with Crippen molar-refractivity contribution in [3.05, 3.63) is 28.8 Å². The fourth-order valence-corrected chi connectivity index (χ4v) is 1.96. The number of carboxylic acids is 1. The predicted molar refractivity (Wildman–Crippen MR) is 70.8 cm³/mol. The standard InChI is InChI=1S/C13H12F2O4.CH3F/c1-6-3-8(18-2)4-7-5-9(13(16)17)11(12(14)15)19-10(6)7;1-2/h3-5,11-12H,1-2H3,(H,16,17);1H3. The number of carboxylic acid groups (broad SMARTS) is 1. The molecule has 1 aliphatic rings. The molecule has 1 aromatic rings. The summed E-state index contributed by atoms with van der Waals surface area (Å²) in [4.78, 5) is 11.0. The van der Waals surface area contributed by atoms with Crippen molar-refractivity contribution in [2.24, 2.45) is 0 Å². The van der Waals surface area contributed by atoms with Gasteiger partial charge in [0.2, 0.25) is 0 Å². The average molecular weight is 304 g/mol. The number of fused-ring (bicyclic) bond motifs is 1. The molecule has 1 aliphatic heterocycles. The molecule has 0 bridgehead atoms. The van der Waals surface area contributed by atoms with Crippen molar-refractivity contribution in [3.63, 3.8) is 0 Å². The number of halogens is 3. The minimum Gasteiger partial charge on any atom is -0.497 e. The van der Waals surface area contributed by atoms with Crippen LogP contribution in [0.5, 0.6) is 11.5 Å². The SMILES string of the molecule is CF.COc1cc(C)c2c(c1)C=C(C(=O)O)C(C(F)F)O2. The van der Waals surface area contributed by atoms with Gasteiger partial charge in [-0.15, -0.1) is 0 Å². The monoisotopic (exact) mass is 304 g/mol. The molecule has 1 aromatic carbocycles. The van der Waals surface area contributed by atoms with Gasteiger partial charge in [0.15, 0.2) is 6.10 Å². The first-order valence-electron chi connectivity index (χ1n) is 5.90. The van der Waals surface area contributed by atoms with Crippen LogP contribution >= 0.6 is 0 Å². The van der Waals surface area contributed by atoms with Crippen molar-refractivity contribution in [1.82, 2.24) is 0 Å². The summed E-state index contributed by atoms with van der Waals surface area (Å²) >= 11 is 0. The fourth-order valence-electron chi connectivity index (χ4n) is 1.96. The average Bonchev–Trinajstić information content (AvgIpc) is 2.47. The highest BCUT2D eigenvalue weighted by molar-refractivity contribution is 5.95. The van der Waals surface area contributed by atoms with Crippen molar-refractivity contribution >= 4 is 12.0 Å². The summed E-state index contributed by atoms with van der Waals surface area (Å²) in [6.07, 6.45) is -3.46. The summed E-state index contributed by atoms with van der Waals surface area (Å²) in [5, 5.41) is 8.97. The van der Waals surface area contributed by atoms with Crippen molar-refractivity contribution in [2.75, 3.05) is 14.3 Å². The summed E-state index contributed by atoms with van der Waals surface area (Å²) in [5.41, 5.74) is 0.571. The third kappa shape index (κ3) is 3.48. The Morgan fingerprint density at radius 1 is 1.38 bits per heavy atom. The Morgan fingerprint density at radius 3 is 2.48 bits per heavy atom. The molecule has 0 aliphatic carbocycles. The molecule has 0 amide bonds. The molecule has 21 heavy (non-hydrogen) atoms. The van der Waals surface area contributed by atoms with E-state index in [1.807, 2.05) is 0 Å². The number of benzene rings is 1. The van der Waals surface area contributed by atoms with Gasteiger partial charge in [-0.3, -0.25) is 4.39 Å². The Kier molecular flexibility index (Phi) is 5.63. The maximum absolute atomic E-state index is 12.8. The Balaban J connectivity index is 0.00000106. The van der Waals surface area contributed by atoms with Crippen LogP contribution in [-0.4, -0.2) is 37.9 Å². The van der Waals surface area contributed by atoms with Gasteiger partial charge in [0.1, 0.15) is 11.5 Å². The molecule has 7 heteroatoms. The molecule has 116 valence electrons. The van der Waals surface area contributed by atoms with Gasteiger partial charge in [-0.1, -0.05) is 0 Å². The van der Waals surface area contributed by atoms with Crippen LogP contribution in [0.4, 0.5) is 13.2 Å². The third-order valence-electron chi connectivity index (χ3n) is 2.85. The second kappa shape index (κ2) is 7.01. The summed E-state index contributed by atoms with van der Waals surface area (Å²) in [7, 11) is 1.97. The van der Waals surface area contributed by atoms with Crippen molar-refractivity contribution in [3.8, 4) is 11.5 Å². The van der Waals surface area contributed by atoms with E-state index < -0.39 is 24.1 Å². The molecular formula is C14H15F3O4. The normalized spacial score (nSPS) is 16.1. The third-order valence-corrected chi connectivity index (χ3v) is 2.85. The molecule has 0 aromatic heterocycles. The number of methoxy groups -OCH3 is 1. The van der Waals surface area contributed by atoms with Crippen LogP contribution < -0.4 is 9.47 Å². The van der Waals surface area contributed by atoms with E-state index in [0.29, 0.717) is 24.1 Å². The first-order chi connectivity index (χ1) is 9.93. The largest absolute Gasteiger partial charge is 0.497 e. The summed E-state index contributed by atoms with van der Waals surface area (Å²) in [6.45, 7) is 1.68. The zero-order chi connectivity index (χ0) is 16.2. The van der Waals surface area contributed by atoms with E-state index in [4.69, 9.17) is 14.6 Å². The van der Waals surface area contributed by atoms with E-state index in [2.05, 4.69) is 0 Å². The van der Waals surface area contributed by atoms with Crippen molar-refractivity contribution in [2.45, 2.75) is 19.5 Å². The van der Waals surface area contributed by atoms with E-state index in [0.717, 1.165) is 0 Å². The molecule has 0 saturated carbocycles. The van der Waals surface area contributed by atoms with Crippen LogP contribution in [0.1, 0.15) is 11.1 Å². The molecule has 0 fully saturated rings. The van der Waals surface area contributed by atoms with Gasteiger partial charge in [0.25, 0.3) is 6.43 Å². The zero-order valence-electron chi connectivity index (χ0n) is 11.7. The van der Waals surface area contributed by atoms with Gasteiger partial charge in [-0.2, -0.15) is 0 Å². The lowest BCUT2D eigenvalue weighted by Crippen LogP contribution is -2.33. The molecular weight excluding hydrogens is 289 g/mol. The molecule has 1 heterocycles. The lowest BCUT2D eigenvalue weighted by molar-refractivity contribution is -0.134. The molecule has 0 saturated heterocycles. The van der Waals surface area contributed by atoms with Crippen molar-refractivity contribution in [1.29, 1.82) is 0 Å². The van der Waals surface area contributed by atoms with Crippen LogP contribution in [-0.2, 0) is 4.79 Å². The predicted octanol–water partition coefficient (Wildman–Crippen LogP) is 3.08. The highest BCUT2D eigenvalue weighted by Gasteiger charge is 2.35. The zero-order valence-corrected chi connectivity index (χ0v) is 11.7.